The Kier molecular flexibility index (Phi) is 5.20. The van der Waals surface area contributed by atoms with Crippen LogP contribution >= 0.6 is 0 Å². The Labute approximate surface area is 162 Å². The van der Waals surface area contributed by atoms with Crippen LogP contribution in [-0.2, 0) is 14.3 Å². The fourth-order valence-electron chi connectivity index (χ4n) is 4.24. The Hall–Kier alpha value is -2.10. The fraction of sp³-hybridized carbons (Fsp3) is 0.565. The van der Waals surface area contributed by atoms with Crippen molar-refractivity contribution in [2.24, 2.45) is 5.41 Å². The number of carbonyl (C=O) groups is 2. The van der Waals surface area contributed by atoms with Crippen molar-refractivity contribution < 1.29 is 14.3 Å². The molecule has 1 aromatic carbocycles. The lowest BCUT2D eigenvalue weighted by molar-refractivity contribution is -0.149. The number of benzene rings is 1. The molecule has 0 spiro atoms. The van der Waals surface area contributed by atoms with Gasteiger partial charge in [0.15, 0.2) is 0 Å². The maximum absolute atomic E-state index is 13.5. The molecule has 2 aliphatic heterocycles. The van der Waals surface area contributed by atoms with Gasteiger partial charge in [0.1, 0.15) is 5.76 Å². The first-order valence-electron chi connectivity index (χ1n) is 9.94. The average Bonchev–Trinajstić information content (AvgIpc) is 2.55. The molecular weight excluding hydrogens is 338 g/mol. The van der Waals surface area contributed by atoms with Crippen LogP contribution in [0.1, 0.15) is 68.7 Å². The van der Waals surface area contributed by atoms with E-state index in [0.29, 0.717) is 17.8 Å². The zero-order chi connectivity index (χ0) is 19.9. The molecule has 1 amide bonds. The summed E-state index contributed by atoms with van der Waals surface area (Å²) in [6.07, 6.45) is 3.75. The second-order valence-electron chi connectivity index (χ2n) is 9.06. The van der Waals surface area contributed by atoms with Gasteiger partial charge in [-0.3, -0.25) is 9.59 Å². The number of nitrogens with zero attached hydrogens (tertiary/aromatic N) is 1. The molecule has 1 saturated heterocycles. The summed E-state index contributed by atoms with van der Waals surface area (Å²) in [7, 11) is 0. The molecule has 1 unspecified atom stereocenters. The molecule has 27 heavy (non-hydrogen) atoms. The van der Waals surface area contributed by atoms with Gasteiger partial charge in [0.2, 0.25) is 0 Å². The van der Waals surface area contributed by atoms with Crippen LogP contribution in [0.4, 0.5) is 0 Å². The predicted octanol–water partition coefficient (Wildman–Crippen LogP) is 4.70. The van der Waals surface area contributed by atoms with E-state index < -0.39 is 5.41 Å². The SMILES string of the molecule is Cc1cc(C)c(C2=C(OC(=O)C(C)(C)C)CC3CCCCN3C2=O)c(C)c1. The Morgan fingerprint density at radius 3 is 2.33 bits per heavy atom. The third-order valence-electron chi connectivity index (χ3n) is 5.56. The van der Waals surface area contributed by atoms with E-state index in [1.165, 1.54) is 5.56 Å². The number of carbonyl (C=O) groups excluding carboxylic acids is 2. The van der Waals surface area contributed by atoms with E-state index in [9.17, 15) is 9.59 Å². The molecule has 0 saturated carbocycles. The first-order chi connectivity index (χ1) is 12.6. The van der Waals surface area contributed by atoms with E-state index >= 15 is 0 Å². The third kappa shape index (κ3) is 3.80. The Morgan fingerprint density at radius 2 is 1.74 bits per heavy atom. The lowest BCUT2D eigenvalue weighted by Gasteiger charge is -2.41. The highest BCUT2D eigenvalue weighted by Crippen LogP contribution is 2.39. The number of rotatable bonds is 2. The molecule has 1 aromatic rings. The molecule has 3 rings (SSSR count). The van der Waals surface area contributed by atoms with E-state index in [2.05, 4.69) is 19.1 Å². The van der Waals surface area contributed by atoms with Crippen molar-refractivity contribution in [1.82, 2.24) is 4.90 Å². The normalized spacial score (nSPS) is 20.6. The first kappa shape index (κ1) is 19.7. The molecule has 0 aromatic heterocycles. The summed E-state index contributed by atoms with van der Waals surface area (Å²) in [6, 6.07) is 4.33. The number of ether oxygens (including phenoxy) is 1. The van der Waals surface area contributed by atoms with Gasteiger partial charge in [0.25, 0.3) is 5.91 Å². The second-order valence-corrected chi connectivity index (χ2v) is 9.06. The summed E-state index contributed by atoms with van der Waals surface area (Å²) in [6.45, 7) is 12.4. The van der Waals surface area contributed by atoms with Crippen molar-refractivity contribution in [1.29, 1.82) is 0 Å². The Bertz CT molecular complexity index is 790. The van der Waals surface area contributed by atoms with Gasteiger partial charge >= 0.3 is 5.97 Å². The molecule has 4 heteroatoms. The average molecular weight is 370 g/mol. The van der Waals surface area contributed by atoms with Gasteiger partial charge in [0.05, 0.1) is 11.0 Å². The van der Waals surface area contributed by atoms with Crippen LogP contribution in [0.2, 0.25) is 0 Å². The molecule has 0 radical (unpaired) electrons. The van der Waals surface area contributed by atoms with Crippen LogP contribution in [-0.4, -0.2) is 29.4 Å². The minimum Gasteiger partial charge on any atom is -0.430 e. The van der Waals surface area contributed by atoms with Crippen LogP contribution in [0.15, 0.2) is 17.9 Å². The molecule has 146 valence electrons. The highest BCUT2D eigenvalue weighted by Gasteiger charge is 2.39. The monoisotopic (exact) mass is 369 g/mol. The summed E-state index contributed by atoms with van der Waals surface area (Å²) >= 11 is 0. The molecule has 0 aliphatic carbocycles. The standard InChI is InChI=1S/C23H31NO3/c1-14-11-15(2)19(16(3)12-14)20-18(27-22(26)23(4,5)6)13-17-9-7-8-10-24(17)21(20)25/h11-12,17H,7-10,13H2,1-6H3. The van der Waals surface area contributed by atoms with E-state index in [1.54, 1.807) is 0 Å². The van der Waals surface area contributed by atoms with Crippen molar-refractivity contribution >= 4 is 17.4 Å². The van der Waals surface area contributed by atoms with Gasteiger partial charge in [-0.1, -0.05) is 17.7 Å². The fourth-order valence-corrected chi connectivity index (χ4v) is 4.24. The minimum absolute atomic E-state index is 0.0118. The molecule has 1 atom stereocenters. The number of piperidine rings is 1. The molecule has 0 bridgehead atoms. The Morgan fingerprint density at radius 1 is 1.11 bits per heavy atom. The van der Waals surface area contributed by atoms with E-state index in [-0.39, 0.29) is 17.9 Å². The zero-order valence-electron chi connectivity index (χ0n) is 17.4. The van der Waals surface area contributed by atoms with Crippen molar-refractivity contribution in [3.8, 4) is 0 Å². The third-order valence-corrected chi connectivity index (χ3v) is 5.56. The topological polar surface area (TPSA) is 46.6 Å². The van der Waals surface area contributed by atoms with Gasteiger partial charge in [-0.05, 0) is 77.5 Å². The van der Waals surface area contributed by atoms with Crippen LogP contribution in [0.25, 0.3) is 5.57 Å². The number of fused-ring (bicyclic) bond motifs is 1. The summed E-state index contributed by atoms with van der Waals surface area (Å²) in [5, 5.41) is 0. The first-order valence-corrected chi connectivity index (χ1v) is 9.94. The predicted molar refractivity (Wildman–Crippen MR) is 107 cm³/mol. The van der Waals surface area contributed by atoms with Crippen LogP contribution in [0, 0.1) is 26.2 Å². The summed E-state index contributed by atoms with van der Waals surface area (Å²) in [4.78, 5) is 28.1. The van der Waals surface area contributed by atoms with E-state index in [1.807, 2.05) is 39.5 Å². The number of amides is 1. The van der Waals surface area contributed by atoms with E-state index in [0.717, 1.165) is 42.5 Å². The summed E-state index contributed by atoms with van der Waals surface area (Å²) in [5.41, 5.74) is 4.17. The minimum atomic E-state index is -0.609. The van der Waals surface area contributed by atoms with E-state index in [4.69, 9.17) is 4.74 Å². The van der Waals surface area contributed by atoms with Gasteiger partial charge in [0, 0.05) is 19.0 Å². The molecule has 4 nitrogen and oxygen atoms in total. The number of esters is 1. The largest absolute Gasteiger partial charge is 0.430 e. The molecule has 2 heterocycles. The lowest BCUT2D eigenvalue weighted by atomic mass is 9.85. The van der Waals surface area contributed by atoms with Crippen LogP contribution in [0.3, 0.4) is 0 Å². The highest BCUT2D eigenvalue weighted by molar-refractivity contribution is 6.22. The maximum atomic E-state index is 13.5. The quantitative estimate of drug-likeness (QED) is 0.710. The van der Waals surface area contributed by atoms with Gasteiger partial charge < -0.3 is 9.64 Å². The van der Waals surface area contributed by atoms with Crippen molar-refractivity contribution in [2.45, 2.75) is 73.3 Å². The number of hydrogen-bond donors (Lipinski definition) is 0. The van der Waals surface area contributed by atoms with Crippen molar-refractivity contribution in [3.63, 3.8) is 0 Å². The van der Waals surface area contributed by atoms with Gasteiger partial charge in [-0.15, -0.1) is 0 Å². The van der Waals surface area contributed by atoms with Crippen LogP contribution in [0.5, 0.6) is 0 Å². The smallest absolute Gasteiger partial charge is 0.316 e. The zero-order valence-corrected chi connectivity index (χ0v) is 17.4. The van der Waals surface area contributed by atoms with Gasteiger partial charge in [-0.2, -0.15) is 0 Å². The van der Waals surface area contributed by atoms with Crippen LogP contribution < -0.4 is 0 Å². The second kappa shape index (κ2) is 7.14. The molecule has 1 fully saturated rings. The number of aryl methyl sites for hydroxylation is 3. The molecule has 0 N–H and O–H groups in total. The van der Waals surface area contributed by atoms with Gasteiger partial charge in [-0.25, -0.2) is 0 Å². The summed E-state index contributed by atoms with van der Waals surface area (Å²) in [5.74, 6) is 0.283. The van der Waals surface area contributed by atoms with Crippen molar-refractivity contribution in [2.75, 3.05) is 6.54 Å². The Balaban J connectivity index is 2.15. The molecule has 2 aliphatic rings. The highest BCUT2D eigenvalue weighted by atomic mass is 16.5. The van der Waals surface area contributed by atoms with Crippen molar-refractivity contribution in [3.05, 3.63) is 40.1 Å². The molecular formula is C23H31NO3. The number of hydrogen-bond acceptors (Lipinski definition) is 3. The lowest BCUT2D eigenvalue weighted by Crippen LogP contribution is -2.48. The summed E-state index contributed by atoms with van der Waals surface area (Å²) < 4.78 is 5.88. The maximum Gasteiger partial charge on any atom is 0.316 e.